The summed E-state index contributed by atoms with van der Waals surface area (Å²) in [6.07, 6.45) is 2.93. The third-order valence-electron chi connectivity index (χ3n) is 6.50. The molecule has 3 aliphatic rings. The number of imide groups is 3. The minimum absolute atomic E-state index is 0.135. The first-order valence-corrected chi connectivity index (χ1v) is 13.0. The van der Waals surface area contributed by atoms with Gasteiger partial charge < -0.3 is 10.6 Å². The third kappa shape index (κ3) is 3.75. The zero-order chi connectivity index (χ0) is 24.1. The van der Waals surface area contributed by atoms with Gasteiger partial charge in [0.2, 0.25) is 11.8 Å². The fraction of sp³-hybridized carbons (Fsp3) is 0.409. The van der Waals surface area contributed by atoms with E-state index >= 15 is 0 Å². The monoisotopic (exact) mass is 520 g/mol. The van der Waals surface area contributed by atoms with E-state index in [0.717, 1.165) is 42.4 Å². The van der Waals surface area contributed by atoms with Gasteiger partial charge in [-0.15, -0.1) is 0 Å². The van der Waals surface area contributed by atoms with Crippen molar-refractivity contribution < 1.29 is 19.2 Å². The summed E-state index contributed by atoms with van der Waals surface area (Å²) < 4.78 is 1.39. The SMILES string of the molecule is NC(=O)N1C(=O)C2Sc3c(sc(=O)n3CC(=O)N3CCCCC3)[C@@H](c3ccc(Cl)cc3)C2C1=O. The topological polar surface area (TPSA) is 123 Å². The Kier molecular flexibility index (Phi) is 6.03. The maximum Gasteiger partial charge on any atom is 0.328 e. The van der Waals surface area contributed by atoms with Gasteiger partial charge >= 0.3 is 10.9 Å². The molecule has 2 fully saturated rings. The van der Waals surface area contributed by atoms with Gasteiger partial charge in [-0.3, -0.25) is 23.7 Å². The van der Waals surface area contributed by atoms with E-state index in [-0.39, 0.29) is 17.3 Å². The molecule has 0 bridgehead atoms. The van der Waals surface area contributed by atoms with Gasteiger partial charge in [-0.05, 0) is 37.0 Å². The van der Waals surface area contributed by atoms with Crippen molar-refractivity contribution in [2.75, 3.05) is 13.1 Å². The molecule has 5 rings (SSSR count). The molecule has 34 heavy (non-hydrogen) atoms. The normalized spacial score (nSPS) is 24.2. The fourth-order valence-corrected chi connectivity index (χ4v) is 7.78. The van der Waals surface area contributed by atoms with E-state index in [2.05, 4.69) is 0 Å². The van der Waals surface area contributed by atoms with E-state index in [9.17, 15) is 24.0 Å². The number of urea groups is 1. The molecule has 0 spiro atoms. The van der Waals surface area contributed by atoms with Crippen LogP contribution in [0.4, 0.5) is 4.79 Å². The number of primary amides is 1. The Morgan fingerprint density at radius 1 is 1.03 bits per heavy atom. The van der Waals surface area contributed by atoms with Crippen LogP contribution in [0, 0.1) is 5.92 Å². The number of rotatable bonds is 3. The lowest BCUT2D eigenvalue weighted by Gasteiger charge is -2.31. The first-order chi connectivity index (χ1) is 16.3. The minimum Gasteiger partial charge on any atom is -0.351 e. The van der Waals surface area contributed by atoms with Crippen molar-refractivity contribution in [1.82, 2.24) is 14.4 Å². The number of hydrogen-bond donors (Lipinski definition) is 1. The van der Waals surface area contributed by atoms with Gasteiger partial charge in [0.15, 0.2) is 0 Å². The number of halogens is 1. The number of piperidine rings is 1. The maximum atomic E-state index is 13.2. The molecule has 3 atom stereocenters. The summed E-state index contributed by atoms with van der Waals surface area (Å²) in [6, 6.07) is 5.69. The van der Waals surface area contributed by atoms with Crippen LogP contribution in [0.2, 0.25) is 5.02 Å². The molecule has 0 saturated carbocycles. The number of aromatic nitrogens is 1. The highest BCUT2D eigenvalue weighted by Gasteiger charge is 2.57. The first kappa shape index (κ1) is 23.1. The highest BCUT2D eigenvalue weighted by molar-refractivity contribution is 8.00. The summed E-state index contributed by atoms with van der Waals surface area (Å²) in [6.45, 7) is 1.18. The van der Waals surface area contributed by atoms with Crippen molar-refractivity contribution >= 4 is 58.5 Å². The lowest BCUT2D eigenvalue weighted by Crippen LogP contribution is -2.41. The number of hydrogen-bond acceptors (Lipinski definition) is 7. The van der Waals surface area contributed by atoms with Crippen molar-refractivity contribution in [3.8, 4) is 0 Å². The summed E-state index contributed by atoms with van der Waals surface area (Å²) in [5, 5.41) is 0.0451. The number of thiazole rings is 1. The van der Waals surface area contributed by atoms with Crippen LogP contribution in [0.5, 0.6) is 0 Å². The highest BCUT2D eigenvalue weighted by atomic mass is 35.5. The van der Waals surface area contributed by atoms with E-state index in [4.69, 9.17) is 17.3 Å². The van der Waals surface area contributed by atoms with Crippen molar-refractivity contribution in [1.29, 1.82) is 0 Å². The molecule has 1 aromatic heterocycles. The Morgan fingerprint density at radius 3 is 2.35 bits per heavy atom. The number of likely N-dealkylation sites (tertiary alicyclic amines) is 2. The van der Waals surface area contributed by atoms with Crippen molar-refractivity contribution in [2.45, 2.75) is 42.0 Å². The Morgan fingerprint density at radius 2 is 1.71 bits per heavy atom. The minimum atomic E-state index is -1.12. The number of carbonyl (C=O) groups excluding carboxylic acids is 4. The van der Waals surface area contributed by atoms with Gasteiger partial charge in [-0.25, -0.2) is 4.79 Å². The highest BCUT2D eigenvalue weighted by Crippen LogP contribution is 2.53. The lowest BCUT2D eigenvalue weighted by molar-refractivity contribution is -0.136. The molecule has 2 aromatic rings. The smallest absolute Gasteiger partial charge is 0.328 e. The van der Waals surface area contributed by atoms with Gasteiger partial charge in [0.05, 0.1) is 10.9 Å². The molecule has 0 radical (unpaired) electrons. The number of benzene rings is 1. The molecule has 178 valence electrons. The molecule has 12 heteroatoms. The van der Waals surface area contributed by atoms with Crippen molar-refractivity contribution in [2.24, 2.45) is 11.7 Å². The predicted molar refractivity (Wildman–Crippen MR) is 127 cm³/mol. The van der Waals surface area contributed by atoms with Gasteiger partial charge in [-0.1, -0.05) is 46.8 Å². The van der Waals surface area contributed by atoms with Gasteiger partial charge in [-0.2, -0.15) is 4.90 Å². The second kappa shape index (κ2) is 8.86. The molecule has 1 aromatic carbocycles. The second-order valence-electron chi connectivity index (χ2n) is 8.51. The average Bonchev–Trinajstić information content (AvgIpc) is 3.26. The van der Waals surface area contributed by atoms with Crippen LogP contribution < -0.4 is 10.6 Å². The summed E-state index contributed by atoms with van der Waals surface area (Å²) in [4.78, 5) is 66.5. The summed E-state index contributed by atoms with van der Waals surface area (Å²) in [5.41, 5.74) is 6.02. The lowest BCUT2D eigenvalue weighted by atomic mass is 9.83. The Hall–Kier alpha value is -2.63. The van der Waals surface area contributed by atoms with Crippen LogP contribution in [-0.2, 0) is 20.9 Å². The summed E-state index contributed by atoms with van der Waals surface area (Å²) >= 11 is 8.06. The molecule has 3 aliphatic heterocycles. The van der Waals surface area contributed by atoms with Crippen LogP contribution in [0.25, 0.3) is 0 Å². The van der Waals surface area contributed by atoms with Crippen molar-refractivity contribution in [3.63, 3.8) is 0 Å². The molecule has 2 N–H and O–H groups in total. The van der Waals surface area contributed by atoms with Gasteiger partial charge in [0.1, 0.15) is 11.8 Å². The number of nitrogens with zero attached hydrogens (tertiary/aromatic N) is 3. The van der Waals surface area contributed by atoms with Gasteiger partial charge in [0.25, 0.3) is 5.91 Å². The Labute approximate surface area is 207 Å². The quantitative estimate of drug-likeness (QED) is 0.619. The molecule has 4 heterocycles. The van der Waals surface area contributed by atoms with E-state index in [0.29, 0.717) is 38.5 Å². The summed E-state index contributed by atoms with van der Waals surface area (Å²) in [7, 11) is 0. The van der Waals surface area contributed by atoms with E-state index in [1.54, 1.807) is 29.2 Å². The fourth-order valence-electron chi connectivity index (χ4n) is 4.88. The van der Waals surface area contributed by atoms with Gasteiger partial charge in [0, 0.05) is 28.9 Å². The molecular formula is C22H21ClN4O5S2. The van der Waals surface area contributed by atoms with Crippen LogP contribution in [0.3, 0.4) is 0 Å². The molecule has 2 unspecified atom stereocenters. The number of amides is 5. The molecule has 9 nitrogen and oxygen atoms in total. The number of carbonyl (C=O) groups is 4. The van der Waals surface area contributed by atoms with E-state index < -0.39 is 34.9 Å². The Bertz CT molecular complexity index is 1250. The van der Waals surface area contributed by atoms with Crippen LogP contribution in [-0.4, -0.2) is 56.5 Å². The molecular weight excluding hydrogens is 500 g/mol. The van der Waals surface area contributed by atoms with Crippen LogP contribution in [0.15, 0.2) is 34.1 Å². The number of fused-ring (bicyclic) bond motifs is 2. The second-order valence-corrected chi connectivity index (χ2v) is 11.1. The molecule has 0 aliphatic carbocycles. The zero-order valence-corrected chi connectivity index (χ0v) is 20.3. The zero-order valence-electron chi connectivity index (χ0n) is 17.9. The number of thioether (sulfide) groups is 1. The third-order valence-corrected chi connectivity index (χ3v) is 9.36. The largest absolute Gasteiger partial charge is 0.351 e. The molecule has 5 amide bonds. The number of nitrogens with two attached hydrogens (primary N) is 1. The average molecular weight is 521 g/mol. The van der Waals surface area contributed by atoms with Crippen LogP contribution >= 0.6 is 34.7 Å². The predicted octanol–water partition coefficient (Wildman–Crippen LogP) is 2.25. The molecule has 2 saturated heterocycles. The van der Waals surface area contributed by atoms with E-state index in [1.165, 1.54) is 4.57 Å². The van der Waals surface area contributed by atoms with E-state index in [1.807, 2.05) is 0 Å². The maximum absolute atomic E-state index is 13.2. The van der Waals surface area contributed by atoms with Crippen molar-refractivity contribution in [3.05, 3.63) is 49.4 Å². The first-order valence-electron chi connectivity index (χ1n) is 10.9. The summed E-state index contributed by atoms with van der Waals surface area (Å²) in [5.74, 6) is -3.09. The van der Waals surface area contributed by atoms with Crippen LogP contribution in [0.1, 0.15) is 35.6 Å². The standard InChI is InChI=1S/C22H21ClN4O5S2/c23-12-6-4-11(5-7-12)14-15-16(19(30)27(18(15)29)21(24)31)33-20-17(14)34-22(32)26(20)10-13(28)25-8-2-1-3-9-25/h4-7,14-16H,1-3,8-10H2,(H2,24,31)/t14-,15?,16?/m0/s1. The Balaban J connectivity index is 1.59.